The second-order valence-electron chi connectivity index (χ2n) is 7.12. The van der Waals surface area contributed by atoms with E-state index in [4.69, 9.17) is 4.74 Å². The Morgan fingerprint density at radius 1 is 1.33 bits per heavy atom. The van der Waals surface area contributed by atoms with E-state index < -0.39 is 0 Å². The lowest BCUT2D eigenvalue weighted by Crippen LogP contribution is -2.46. The van der Waals surface area contributed by atoms with Gasteiger partial charge in [-0.15, -0.1) is 24.0 Å². The van der Waals surface area contributed by atoms with Crippen LogP contribution in [-0.2, 0) is 9.53 Å². The lowest BCUT2D eigenvalue weighted by Gasteiger charge is -2.27. The molecule has 0 bridgehead atoms. The van der Waals surface area contributed by atoms with Crippen molar-refractivity contribution in [1.29, 1.82) is 0 Å². The van der Waals surface area contributed by atoms with Gasteiger partial charge in [0.25, 0.3) is 0 Å². The number of hydrogen-bond donors (Lipinski definition) is 4. The number of aliphatic hydroxyl groups excluding tert-OH is 1. The van der Waals surface area contributed by atoms with Gasteiger partial charge in [-0.2, -0.15) is 0 Å². The van der Waals surface area contributed by atoms with Crippen LogP contribution in [0.15, 0.2) is 4.99 Å². The zero-order valence-corrected chi connectivity index (χ0v) is 17.6. The Morgan fingerprint density at radius 3 is 2.54 bits per heavy atom. The molecule has 0 spiro atoms. The molecule has 1 rings (SSSR count). The van der Waals surface area contributed by atoms with Crippen LogP contribution in [-0.4, -0.2) is 62.0 Å². The van der Waals surface area contributed by atoms with E-state index in [1.165, 1.54) is 0 Å². The Bertz CT molecular complexity index is 405. The maximum absolute atomic E-state index is 11.9. The highest BCUT2D eigenvalue weighted by Gasteiger charge is 2.34. The van der Waals surface area contributed by atoms with Crippen molar-refractivity contribution in [2.24, 2.45) is 10.4 Å². The molecule has 1 atom stereocenters. The standard InChI is InChI=1S/C16H32N4O3.HI/c1-5-17-14(18-10-13(22)20-15(2,3)4)19-11-16(6-8-21)7-9-23-12-16;/h21H,5-12H2,1-4H3,(H,20,22)(H2,17,18,19);1H. The number of rotatable bonds is 7. The van der Waals surface area contributed by atoms with Crippen LogP contribution in [0, 0.1) is 5.41 Å². The Balaban J connectivity index is 0.00000529. The zero-order valence-electron chi connectivity index (χ0n) is 15.3. The summed E-state index contributed by atoms with van der Waals surface area (Å²) in [5, 5.41) is 18.6. The number of amides is 1. The van der Waals surface area contributed by atoms with E-state index >= 15 is 0 Å². The molecular formula is C16H33IN4O3. The lowest BCUT2D eigenvalue weighted by atomic mass is 9.84. The van der Waals surface area contributed by atoms with Gasteiger partial charge in [0.1, 0.15) is 6.54 Å². The molecule has 1 heterocycles. The van der Waals surface area contributed by atoms with Crippen LogP contribution in [0.3, 0.4) is 0 Å². The molecule has 0 aromatic heterocycles. The van der Waals surface area contributed by atoms with Gasteiger partial charge in [0, 0.05) is 37.3 Å². The number of hydrogen-bond acceptors (Lipinski definition) is 4. The van der Waals surface area contributed by atoms with E-state index in [0.29, 0.717) is 25.5 Å². The molecule has 8 heteroatoms. The van der Waals surface area contributed by atoms with Crippen LogP contribution in [0.4, 0.5) is 0 Å². The fraction of sp³-hybridized carbons (Fsp3) is 0.875. The number of aliphatic imine (C=N–C) groups is 1. The first-order chi connectivity index (χ1) is 10.8. The SMILES string of the molecule is CCNC(=NCC(=O)NC(C)(C)C)NCC1(CCO)CCOC1.I. The van der Waals surface area contributed by atoms with Gasteiger partial charge in [-0.3, -0.25) is 4.79 Å². The van der Waals surface area contributed by atoms with Crippen molar-refractivity contribution in [3.63, 3.8) is 0 Å². The maximum Gasteiger partial charge on any atom is 0.242 e. The molecule has 7 nitrogen and oxygen atoms in total. The van der Waals surface area contributed by atoms with Gasteiger partial charge in [-0.05, 0) is 40.5 Å². The third-order valence-corrected chi connectivity index (χ3v) is 3.70. The van der Waals surface area contributed by atoms with Gasteiger partial charge < -0.3 is 25.8 Å². The number of carbonyl (C=O) groups is 1. The molecule has 0 aromatic carbocycles. The summed E-state index contributed by atoms with van der Waals surface area (Å²) in [7, 11) is 0. The second-order valence-corrected chi connectivity index (χ2v) is 7.12. The predicted molar refractivity (Wildman–Crippen MR) is 107 cm³/mol. The summed E-state index contributed by atoms with van der Waals surface area (Å²) in [6, 6.07) is 0. The van der Waals surface area contributed by atoms with Crippen molar-refractivity contribution in [3.8, 4) is 0 Å². The number of guanidine groups is 1. The Hall–Kier alpha value is -0.610. The lowest BCUT2D eigenvalue weighted by molar-refractivity contribution is -0.121. The Kier molecular flexibility index (Phi) is 10.8. The first-order valence-corrected chi connectivity index (χ1v) is 8.32. The summed E-state index contributed by atoms with van der Waals surface area (Å²) in [5.41, 5.74) is -0.316. The number of nitrogens with one attached hydrogen (secondary N) is 3. The van der Waals surface area contributed by atoms with E-state index in [2.05, 4.69) is 20.9 Å². The first kappa shape index (κ1) is 23.4. The number of halogens is 1. The van der Waals surface area contributed by atoms with Crippen molar-refractivity contribution >= 4 is 35.8 Å². The van der Waals surface area contributed by atoms with Crippen LogP contribution in [0.5, 0.6) is 0 Å². The molecule has 1 aliphatic heterocycles. The summed E-state index contributed by atoms with van der Waals surface area (Å²) < 4.78 is 5.48. The van der Waals surface area contributed by atoms with Crippen LogP contribution < -0.4 is 16.0 Å². The monoisotopic (exact) mass is 456 g/mol. The van der Waals surface area contributed by atoms with Crippen LogP contribution in [0.25, 0.3) is 0 Å². The molecule has 0 aromatic rings. The van der Waals surface area contributed by atoms with Crippen LogP contribution in [0.2, 0.25) is 0 Å². The molecule has 24 heavy (non-hydrogen) atoms. The highest BCUT2D eigenvalue weighted by Crippen LogP contribution is 2.31. The van der Waals surface area contributed by atoms with Gasteiger partial charge in [0.2, 0.25) is 5.91 Å². The highest BCUT2D eigenvalue weighted by molar-refractivity contribution is 14.0. The Labute approximate surface area is 162 Å². The van der Waals surface area contributed by atoms with E-state index in [1.807, 2.05) is 27.7 Å². The normalized spacial score (nSPS) is 21.1. The third-order valence-electron chi connectivity index (χ3n) is 3.70. The van der Waals surface area contributed by atoms with Gasteiger partial charge in [-0.1, -0.05) is 0 Å². The average molecular weight is 456 g/mol. The quantitative estimate of drug-likeness (QED) is 0.259. The summed E-state index contributed by atoms with van der Waals surface area (Å²) in [6.07, 6.45) is 1.62. The van der Waals surface area contributed by atoms with E-state index in [0.717, 1.165) is 19.6 Å². The topological polar surface area (TPSA) is 95.0 Å². The fourth-order valence-corrected chi connectivity index (χ4v) is 2.53. The fourth-order valence-electron chi connectivity index (χ4n) is 2.53. The van der Waals surface area contributed by atoms with Crippen molar-refractivity contribution in [3.05, 3.63) is 0 Å². The van der Waals surface area contributed by atoms with Gasteiger partial charge in [0.05, 0.1) is 6.61 Å². The van der Waals surface area contributed by atoms with Crippen molar-refractivity contribution in [1.82, 2.24) is 16.0 Å². The average Bonchev–Trinajstić information content (AvgIpc) is 2.89. The molecule has 0 radical (unpaired) electrons. The third kappa shape index (κ3) is 9.03. The molecule has 1 fully saturated rings. The number of carbonyl (C=O) groups excluding carboxylic acids is 1. The van der Waals surface area contributed by atoms with Gasteiger partial charge in [0.15, 0.2) is 5.96 Å². The van der Waals surface area contributed by atoms with Gasteiger partial charge in [-0.25, -0.2) is 4.99 Å². The number of ether oxygens (including phenoxy) is 1. The molecule has 142 valence electrons. The van der Waals surface area contributed by atoms with Crippen molar-refractivity contribution in [2.75, 3.05) is 39.5 Å². The minimum atomic E-state index is -0.259. The molecular weight excluding hydrogens is 423 g/mol. The van der Waals surface area contributed by atoms with Crippen LogP contribution >= 0.6 is 24.0 Å². The minimum absolute atomic E-state index is 0. The summed E-state index contributed by atoms with van der Waals surface area (Å²) in [4.78, 5) is 16.2. The van der Waals surface area contributed by atoms with Gasteiger partial charge >= 0.3 is 0 Å². The Morgan fingerprint density at radius 2 is 2.04 bits per heavy atom. The largest absolute Gasteiger partial charge is 0.396 e. The molecule has 1 aliphatic rings. The van der Waals surface area contributed by atoms with E-state index in [-0.39, 0.29) is 54.0 Å². The number of aliphatic hydroxyl groups is 1. The molecule has 1 unspecified atom stereocenters. The van der Waals surface area contributed by atoms with Crippen molar-refractivity contribution < 1.29 is 14.6 Å². The predicted octanol–water partition coefficient (Wildman–Crippen LogP) is 0.863. The van der Waals surface area contributed by atoms with E-state index in [9.17, 15) is 9.90 Å². The zero-order chi connectivity index (χ0) is 17.3. The molecule has 1 saturated heterocycles. The van der Waals surface area contributed by atoms with Crippen molar-refractivity contribution in [2.45, 2.75) is 46.1 Å². The van der Waals surface area contributed by atoms with Crippen LogP contribution in [0.1, 0.15) is 40.5 Å². The number of nitrogens with zero attached hydrogens (tertiary/aromatic N) is 1. The van der Waals surface area contributed by atoms with E-state index in [1.54, 1.807) is 0 Å². The molecule has 4 N–H and O–H groups in total. The maximum atomic E-state index is 11.9. The summed E-state index contributed by atoms with van der Waals surface area (Å²) in [5.74, 6) is 0.504. The summed E-state index contributed by atoms with van der Waals surface area (Å²) >= 11 is 0. The second kappa shape index (κ2) is 11.1. The molecule has 0 saturated carbocycles. The molecule has 0 aliphatic carbocycles. The first-order valence-electron chi connectivity index (χ1n) is 8.32. The highest BCUT2D eigenvalue weighted by atomic mass is 127. The minimum Gasteiger partial charge on any atom is -0.396 e. The smallest absolute Gasteiger partial charge is 0.242 e. The molecule has 1 amide bonds. The summed E-state index contributed by atoms with van der Waals surface area (Å²) in [6.45, 7) is 10.8.